The van der Waals surface area contributed by atoms with Gasteiger partial charge in [0.25, 0.3) is 5.56 Å². The normalized spacial score (nSPS) is 13.0. The zero-order valence-corrected chi connectivity index (χ0v) is 30.1. The number of hydrogen-bond donors (Lipinski definition) is 3. The van der Waals surface area contributed by atoms with Crippen molar-refractivity contribution in [2.24, 2.45) is 17.6 Å². The molecule has 11 heteroatoms. The molecule has 0 radical (unpaired) electrons. The average Bonchev–Trinajstić information content (AvgIpc) is 3.46. The second kappa shape index (κ2) is 24.9. The van der Waals surface area contributed by atoms with Crippen molar-refractivity contribution < 1.29 is 19.1 Å². The van der Waals surface area contributed by atoms with Crippen LogP contribution in [0, 0.1) is 11.8 Å². The molecule has 0 fully saturated rings. The summed E-state index contributed by atoms with van der Waals surface area (Å²) < 4.78 is 12.7. The van der Waals surface area contributed by atoms with Crippen LogP contribution in [0.1, 0.15) is 143 Å². The number of esters is 2. The van der Waals surface area contributed by atoms with Crippen LogP contribution in [-0.2, 0) is 25.6 Å². The number of fused-ring (bicyclic) bond motifs is 1. The van der Waals surface area contributed by atoms with Gasteiger partial charge in [0.15, 0.2) is 11.2 Å². The van der Waals surface area contributed by atoms with E-state index in [1.165, 1.54) is 96.2 Å². The fourth-order valence-corrected chi connectivity index (χ4v) is 5.64. The number of hydrogen-bond acceptors (Lipinski definition) is 9. The third-order valence-corrected chi connectivity index (χ3v) is 8.83. The van der Waals surface area contributed by atoms with Crippen LogP contribution in [0.4, 0.5) is 5.95 Å². The summed E-state index contributed by atoms with van der Waals surface area (Å²) in [6.45, 7) is 6.58. The lowest BCUT2D eigenvalue weighted by molar-refractivity contribution is -0.149. The molecule has 2 aromatic heterocycles. The third-order valence-electron chi connectivity index (χ3n) is 8.83. The lowest BCUT2D eigenvalue weighted by Gasteiger charge is -2.20. The fraction of sp³-hybridized carbons (Fsp3) is 0.757. The number of carbonyl (C=O) groups excluding carboxylic acids is 2. The number of H-pyrrole nitrogens is 1. The lowest BCUT2D eigenvalue weighted by atomic mass is 10.1. The van der Waals surface area contributed by atoms with Crippen molar-refractivity contribution in [3.05, 3.63) is 28.8 Å². The Morgan fingerprint density at radius 1 is 0.896 bits per heavy atom. The maximum absolute atomic E-state index is 12.4. The molecule has 0 unspecified atom stereocenters. The van der Waals surface area contributed by atoms with Crippen LogP contribution in [0.5, 0.6) is 0 Å². The van der Waals surface area contributed by atoms with E-state index in [0.717, 1.165) is 19.3 Å². The first kappa shape index (κ1) is 41.0. The van der Waals surface area contributed by atoms with Gasteiger partial charge in [-0.25, -0.2) is 4.98 Å². The summed E-state index contributed by atoms with van der Waals surface area (Å²) in [7, 11) is 0. The summed E-state index contributed by atoms with van der Waals surface area (Å²) >= 11 is 0. The highest BCUT2D eigenvalue weighted by Gasteiger charge is 2.22. The van der Waals surface area contributed by atoms with Gasteiger partial charge in [-0.05, 0) is 44.4 Å². The molecule has 11 nitrogen and oxygen atoms in total. The largest absolute Gasteiger partial charge is 0.466 e. The number of aromatic nitrogens is 4. The van der Waals surface area contributed by atoms with Gasteiger partial charge in [0, 0.05) is 18.9 Å². The van der Waals surface area contributed by atoms with E-state index in [0.29, 0.717) is 25.0 Å². The molecule has 5 N–H and O–H groups in total. The molecule has 2 atom stereocenters. The molecule has 0 aliphatic rings. The minimum Gasteiger partial charge on any atom is -0.466 e. The van der Waals surface area contributed by atoms with E-state index in [2.05, 4.69) is 34.0 Å². The molecular weight excluding hydrogens is 608 g/mol. The van der Waals surface area contributed by atoms with Gasteiger partial charge < -0.3 is 25.5 Å². The van der Waals surface area contributed by atoms with Gasteiger partial charge in [0.2, 0.25) is 5.95 Å². The molecule has 272 valence electrons. The quantitative estimate of drug-likeness (QED) is 0.0474. The van der Waals surface area contributed by atoms with Crippen molar-refractivity contribution in [3.63, 3.8) is 0 Å². The smallest absolute Gasteiger partial charge is 0.323 e. The second-order valence-corrected chi connectivity index (χ2v) is 13.5. The Hall–Kier alpha value is -3.21. The van der Waals surface area contributed by atoms with Gasteiger partial charge in [-0.3, -0.25) is 19.4 Å². The van der Waals surface area contributed by atoms with Crippen LogP contribution in [0.25, 0.3) is 11.2 Å². The maximum Gasteiger partial charge on any atom is 0.323 e. The zero-order valence-electron chi connectivity index (χ0n) is 30.1. The molecule has 0 spiro atoms. The van der Waals surface area contributed by atoms with E-state index in [1.807, 2.05) is 13.8 Å². The highest BCUT2D eigenvalue weighted by atomic mass is 16.5. The number of unbranched alkanes of at least 4 members (excludes halogenated alkanes) is 15. The van der Waals surface area contributed by atoms with Crippen molar-refractivity contribution in [2.45, 2.75) is 155 Å². The Kier molecular flexibility index (Phi) is 21.2. The van der Waals surface area contributed by atoms with Crippen molar-refractivity contribution >= 4 is 29.1 Å². The average molecular weight is 673 g/mol. The number of nitrogens with zero attached hydrogens (tertiary/aromatic N) is 3. The van der Waals surface area contributed by atoms with E-state index in [4.69, 9.17) is 20.9 Å². The Morgan fingerprint density at radius 3 is 2.08 bits per heavy atom. The first-order chi connectivity index (χ1) is 23.2. The summed E-state index contributed by atoms with van der Waals surface area (Å²) in [6.07, 6.45) is 28.4. The predicted molar refractivity (Wildman–Crippen MR) is 193 cm³/mol. The Balaban J connectivity index is 1.58. The van der Waals surface area contributed by atoms with Crippen molar-refractivity contribution in [2.75, 3.05) is 18.9 Å². The number of carbonyl (C=O) groups is 2. The number of aromatic amines is 1. The molecule has 2 aromatic rings. The van der Waals surface area contributed by atoms with Gasteiger partial charge in [-0.2, -0.15) is 4.98 Å². The summed E-state index contributed by atoms with van der Waals surface area (Å²) in [5.74, 6) is -1.00. The van der Waals surface area contributed by atoms with Crippen LogP contribution < -0.4 is 17.0 Å². The summed E-state index contributed by atoms with van der Waals surface area (Å²) in [4.78, 5) is 47.8. The Morgan fingerprint density at radius 2 is 1.48 bits per heavy atom. The monoisotopic (exact) mass is 672 g/mol. The number of nitrogens with two attached hydrogens (primary N) is 2. The number of allylic oxidation sites excluding steroid dienone is 2. The Labute approximate surface area is 288 Å². The number of nitrogen functional groups attached to an aromatic ring is 1. The molecule has 0 aromatic carbocycles. The van der Waals surface area contributed by atoms with E-state index in [-0.39, 0.29) is 42.5 Å². The highest BCUT2D eigenvalue weighted by Crippen LogP contribution is 2.16. The van der Waals surface area contributed by atoms with Gasteiger partial charge in [0.05, 0.1) is 19.5 Å². The van der Waals surface area contributed by atoms with E-state index in [9.17, 15) is 14.4 Å². The SMILES string of the molecule is CCCCCCCCC=CCCCCCCCCCCCC(=O)OCC[C@@H](COC(=O)[C@@H](N)C(C)C)Cn1cnc2c(=O)[nH]c(N)nc21. The minimum absolute atomic E-state index is 0.0123. The topological polar surface area (TPSA) is 168 Å². The standard InChI is InChI=1S/C37H64N6O5/c1-4-5-6-7-8-9-10-11-12-13-14-15-16-17-18-19-20-21-22-23-31(44)47-25-24-30(27-48-36(46)32(38)29(2)3)26-43-28-40-33-34(43)41-37(39)42-35(33)45/h11-12,28-30,32H,4-10,13-27,38H2,1-3H3,(H3,39,41,42,45)/t30-,32+/m1/s1. The van der Waals surface area contributed by atoms with Crippen molar-refractivity contribution in [3.8, 4) is 0 Å². The van der Waals surface area contributed by atoms with Gasteiger partial charge in [0.1, 0.15) is 6.04 Å². The zero-order chi connectivity index (χ0) is 35.0. The molecular formula is C37H64N6O5. The molecule has 2 heterocycles. The molecule has 0 aliphatic heterocycles. The second-order valence-electron chi connectivity index (χ2n) is 13.5. The number of anilines is 1. The van der Waals surface area contributed by atoms with E-state index in [1.54, 1.807) is 4.57 Å². The summed E-state index contributed by atoms with van der Waals surface area (Å²) in [5.41, 5.74) is 11.8. The van der Waals surface area contributed by atoms with Crippen LogP contribution in [-0.4, -0.2) is 50.7 Å². The number of ether oxygens (including phenoxy) is 2. The first-order valence-electron chi connectivity index (χ1n) is 18.7. The predicted octanol–water partition coefficient (Wildman–Crippen LogP) is 7.38. The number of rotatable bonds is 28. The Bertz CT molecular complexity index is 1260. The fourth-order valence-electron chi connectivity index (χ4n) is 5.64. The molecule has 0 aliphatic carbocycles. The lowest BCUT2D eigenvalue weighted by Crippen LogP contribution is -2.38. The van der Waals surface area contributed by atoms with Gasteiger partial charge in [-0.1, -0.05) is 110 Å². The minimum atomic E-state index is -0.727. The molecule has 0 saturated heterocycles. The molecule has 2 rings (SSSR count). The van der Waals surface area contributed by atoms with Crippen molar-refractivity contribution in [1.82, 2.24) is 19.5 Å². The van der Waals surface area contributed by atoms with Gasteiger partial charge >= 0.3 is 11.9 Å². The maximum atomic E-state index is 12.4. The first-order valence-corrected chi connectivity index (χ1v) is 18.7. The summed E-state index contributed by atoms with van der Waals surface area (Å²) in [5, 5.41) is 0. The molecule has 48 heavy (non-hydrogen) atoms. The third kappa shape index (κ3) is 17.3. The van der Waals surface area contributed by atoms with Crippen LogP contribution in [0.2, 0.25) is 0 Å². The summed E-state index contributed by atoms with van der Waals surface area (Å²) in [6, 6.07) is -0.727. The van der Waals surface area contributed by atoms with Crippen LogP contribution in [0.3, 0.4) is 0 Å². The number of imidazole rings is 1. The van der Waals surface area contributed by atoms with E-state index < -0.39 is 17.6 Å². The highest BCUT2D eigenvalue weighted by molar-refractivity contribution is 5.75. The molecule has 0 amide bonds. The van der Waals surface area contributed by atoms with Gasteiger partial charge in [-0.15, -0.1) is 0 Å². The molecule has 0 bridgehead atoms. The number of nitrogens with one attached hydrogen (secondary N) is 1. The van der Waals surface area contributed by atoms with Crippen LogP contribution in [0.15, 0.2) is 23.3 Å². The van der Waals surface area contributed by atoms with Crippen molar-refractivity contribution in [1.29, 1.82) is 0 Å². The van der Waals surface area contributed by atoms with E-state index >= 15 is 0 Å². The van der Waals surface area contributed by atoms with Crippen LogP contribution >= 0.6 is 0 Å². The molecule has 0 saturated carbocycles.